The molecule has 0 saturated carbocycles. The Morgan fingerprint density at radius 3 is 2.69 bits per heavy atom. The van der Waals surface area contributed by atoms with Crippen LogP contribution in [-0.2, 0) is 11.5 Å². The van der Waals surface area contributed by atoms with Crippen LogP contribution in [0, 0.1) is 0 Å². The zero-order chi connectivity index (χ0) is 12.2. The topological polar surface area (TPSA) is 67.5 Å². The maximum atomic E-state index is 9.03. The van der Waals surface area contributed by atoms with E-state index in [1.165, 1.54) is 12.5 Å². The Labute approximate surface area is 97.2 Å². The van der Waals surface area contributed by atoms with Crippen molar-refractivity contribution in [1.82, 2.24) is 9.55 Å². The molecule has 5 nitrogen and oxygen atoms in total. The van der Waals surface area contributed by atoms with Crippen molar-refractivity contribution in [2.24, 2.45) is 0 Å². The number of imidazole rings is 1. The number of nitrogens with zero attached hydrogens (tertiary/aromatic N) is 2. The van der Waals surface area contributed by atoms with E-state index >= 15 is 0 Å². The first-order chi connectivity index (χ1) is 7.40. The van der Waals surface area contributed by atoms with Gasteiger partial charge in [0.2, 0.25) is 0 Å². The second kappa shape index (κ2) is 5.63. The Morgan fingerprint density at radius 1 is 1.44 bits per heavy atom. The molecule has 1 heterocycles. The molecule has 0 unspecified atom stereocenters. The Hall–Kier alpha value is -0.628. The van der Waals surface area contributed by atoms with Crippen LogP contribution in [0.5, 0.6) is 0 Å². The van der Waals surface area contributed by atoms with Crippen molar-refractivity contribution in [2.45, 2.75) is 32.4 Å². The fourth-order valence-electron chi connectivity index (χ4n) is 1.20. The molecule has 0 spiro atoms. The molecule has 0 amide bonds. The minimum Gasteiger partial charge on any atom is -0.422 e. The molecule has 16 heavy (non-hydrogen) atoms. The van der Waals surface area contributed by atoms with Gasteiger partial charge < -0.3 is 19.4 Å². The van der Waals surface area contributed by atoms with Gasteiger partial charge in [-0.1, -0.05) is 19.6 Å². The maximum Gasteiger partial charge on any atom is 0.507 e. The fourth-order valence-corrected chi connectivity index (χ4v) is 1.95. The molecule has 0 bridgehead atoms. The van der Waals surface area contributed by atoms with Gasteiger partial charge in [-0.05, 0) is 6.04 Å². The Kier molecular flexibility index (Phi) is 4.72. The molecule has 0 saturated heterocycles. The summed E-state index contributed by atoms with van der Waals surface area (Å²) in [7, 11) is -2.56. The van der Waals surface area contributed by atoms with Crippen LogP contribution in [0.3, 0.4) is 0 Å². The highest BCUT2D eigenvalue weighted by Crippen LogP contribution is 2.07. The number of ether oxygens (including phenoxy) is 1. The molecular formula is C9H19BN2O3Si. The van der Waals surface area contributed by atoms with Gasteiger partial charge in [0.05, 0.1) is 11.9 Å². The normalized spacial score (nSPS) is 11.8. The fraction of sp³-hybridized carbons (Fsp3) is 0.667. The Morgan fingerprint density at radius 2 is 2.12 bits per heavy atom. The summed E-state index contributed by atoms with van der Waals surface area (Å²) < 4.78 is 7.07. The van der Waals surface area contributed by atoms with Gasteiger partial charge in [0.25, 0.3) is 0 Å². The van der Waals surface area contributed by atoms with E-state index in [2.05, 4.69) is 24.6 Å². The third-order valence-electron chi connectivity index (χ3n) is 2.24. The van der Waals surface area contributed by atoms with Crippen LogP contribution < -0.4 is 5.59 Å². The summed E-state index contributed by atoms with van der Waals surface area (Å²) in [5, 5.41) is 18.1. The van der Waals surface area contributed by atoms with Crippen LogP contribution in [-0.4, -0.2) is 41.4 Å². The molecule has 1 rings (SSSR count). The Bertz CT molecular complexity index is 325. The van der Waals surface area contributed by atoms with Crippen LogP contribution >= 0.6 is 0 Å². The molecule has 7 heteroatoms. The van der Waals surface area contributed by atoms with E-state index in [9.17, 15) is 0 Å². The van der Waals surface area contributed by atoms with Crippen LogP contribution in [0.25, 0.3) is 0 Å². The van der Waals surface area contributed by atoms with Gasteiger partial charge in [0.1, 0.15) is 6.73 Å². The molecule has 90 valence electrons. The quantitative estimate of drug-likeness (QED) is 0.539. The van der Waals surface area contributed by atoms with Crippen LogP contribution in [0.1, 0.15) is 0 Å². The van der Waals surface area contributed by atoms with Gasteiger partial charge in [-0.15, -0.1) is 0 Å². The van der Waals surface area contributed by atoms with E-state index in [1.54, 1.807) is 4.57 Å². The summed E-state index contributed by atoms with van der Waals surface area (Å²) in [6.45, 7) is 7.88. The van der Waals surface area contributed by atoms with Gasteiger partial charge in [-0.2, -0.15) is 0 Å². The van der Waals surface area contributed by atoms with Crippen molar-refractivity contribution in [3.05, 3.63) is 12.5 Å². The minimum absolute atomic E-state index is 0.317. The highest BCUT2D eigenvalue weighted by Gasteiger charge is 2.16. The number of rotatable bonds is 6. The summed E-state index contributed by atoms with van der Waals surface area (Å²) in [4.78, 5) is 3.84. The zero-order valence-corrected chi connectivity index (χ0v) is 11.1. The number of hydrogen-bond donors (Lipinski definition) is 2. The zero-order valence-electron chi connectivity index (χ0n) is 10.1. The van der Waals surface area contributed by atoms with Crippen LogP contribution in [0.15, 0.2) is 12.5 Å². The first-order valence-electron chi connectivity index (χ1n) is 5.34. The van der Waals surface area contributed by atoms with Gasteiger partial charge in [-0.25, -0.2) is 4.98 Å². The highest BCUT2D eigenvalue weighted by atomic mass is 28.3. The van der Waals surface area contributed by atoms with E-state index in [1.807, 2.05) is 0 Å². The summed E-state index contributed by atoms with van der Waals surface area (Å²) in [5.41, 5.74) is 0.355. The standard InChI is InChI=1S/C9H19BN2O3Si/c1-16(2,3)5-4-15-8-12-7-11-6-9(12)10(13)14/h6-7,13-14H,4-5,8H2,1-3H3. The molecule has 0 radical (unpaired) electrons. The maximum absolute atomic E-state index is 9.03. The van der Waals surface area contributed by atoms with Crippen LogP contribution in [0.4, 0.5) is 0 Å². The first kappa shape index (κ1) is 13.4. The minimum atomic E-state index is -1.50. The van der Waals surface area contributed by atoms with Crippen molar-refractivity contribution in [2.75, 3.05) is 6.61 Å². The van der Waals surface area contributed by atoms with E-state index < -0.39 is 15.2 Å². The lowest BCUT2D eigenvalue weighted by atomic mass is 9.87. The van der Waals surface area contributed by atoms with Crippen molar-refractivity contribution in [1.29, 1.82) is 0 Å². The van der Waals surface area contributed by atoms with Crippen molar-refractivity contribution in [3.63, 3.8) is 0 Å². The summed E-state index contributed by atoms with van der Waals surface area (Å²) in [6, 6.07) is 1.10. The number of hydrogen-bond acceptors (Lipinski definition) is 4. The lowest BCUT2D eigenvalue weighted by molar-refractivity contribution is 0.0885. The lowest BCUT2D eigenvalue weighted by Crippen LogP contribution is -2.36. The first-order valence-corrected chi connectivity index (χ1v) is 9.05. The van der Waals surface area contributed by atoms with Gasteiger partial charge in [0.15, 0.2) is 0 Å². The average Bonchev–Trinajstić information content (AvgIpc) is 2.58. The SMILES string of the molecule is C[Si](C)(C)CCOCn1cncc1B(O)O. The molecule has 0 aromatic carbocycles. The molecule has 2 N–H and O–H groups in total. The van der Waals surface area contributed by atoms with Gasteiger partial charge in [-0.3, -0.25) is 0 Å². The smallest absolute Gasteiger partial charge is 0.422 e. The van der Waals surface area contributed by atoms with Crippen molar-refractivity contribution >= 4 is 20.8 Å². The molecule has 0 aliphatic heterocycles. The predicted molar refractivity (Wildman–Crippen MR) is 66.2 cm³/mol. The van der Waals surface area contributed by atoms with E-state index in [0.717, 1.165) is 6.04 Å². The second-order valence-corrected chi connectivity index (χ2v) is 10.6. The van der Waals surface area contributed by atoms with Crippen molar-refractivity contribution in [3.8, 4) is 0 Å². The second-order valence-electron chi connectivity index (χ2n) is 5.01. The van der Waals surface area contributed by atoms with E-state index in [0.29, 0.717) is 18.9 Å². The molecule has 0 aliphatic carbocycles. The summed E-state index contributed by atoms with van der Waals surface area (Å²) in [5.74, 6) is 0. The van der Waals surface area contributed by atoms with E-state index in [-0.39, 0.29) is 0 Å². The molecule has 0 fully saturated rings. The molecule has 0 atom stereocenters. The van der Waals surface area contributed by atoms with E-state index in [4.69, 9.17) is 14.8 Å². The average molecular weight is 242 g/mol. The third kappa shape index (κ3) is 4.48. The van der Waals surface area contributed by atoms with Gasteiger partial charge >= 0.3 is 7.12 Å². The molecule has 0 aliphatic rings. The lowest BCUT2D eigenvalue weighted by Gasteiger charge is -2.16. The monoisotopic (exact) mass is 242 g/mol. The van der Waals surface area contributed by atoms with Gasteiger partial charge in [0, 0.05) is 20.9 Å². The highest BCUT2D eigenvalue weighted by molar-refractivity contribution is 6.76. The largest absolute Gasteiger partial charge is 0.507 e. The predicted octanol–water partition coefficient (Wildman–Crippen LogP) is -0.125. The molecule has 1 aromatic heterocycles. The summed E-state index contributed by atoms with van der Waals surface area (Å²) >= 11 is 0. The molecular weight excluding hydrogens is 223 g/mol. The third-order valence-corrected chi connectivity index (χ3v) is 3.94. The molecule has 1 aromatic rings. The van der Waals surface area contributed by atoms with Crippen LogP contribution in [0.2, 0.25) is 25.7 Å². The van der Waals surface area contributed by atoms with Crippen molar-refractivity contribution < 1.29 is 14.8 Å². The Balaban J connectivity index is 2.35. The summed E-state index contributed by atoms with van der Waals surface area (Å²) in [6.07, 6.45) is 2.95. The number of aromatic nitrogens is 2.